The molecule has 0 aromatic carbocycles. The lowest BCUT2D eigenvalue weighted by Gasteiger charge is -2.08. The highest BCUT2D eigenvalue weighted by Crippen LogP contribution is 2.15. The van der Waals surface area contributed by atoms with Gasteiger partial charge in [-0.2, -0.15) is 10.2 Å². The molecule has 0 saturated carbocycles. The molecule has 0 N–H and O–H groups in total. The van der Waals surface area contributed by atoms with Crippen molar-refractivity contribution in [1.29, 1.82) is 0 Å². The van der Waals surface area contributed by atoms with Crippen molar-refractivity contribution in [1.82, 2.24) is 0 Å². The second-order valence-electron chi connectivity index (χ2n) is 5.38. The number of hydrogen-bond acceptors (Lipinski definition) is 2. The Morgan fingerprint density at radius 2 is 1.65 bits per heavy atom. The molecule has 0 atom stereocenters. The summed E-state index contributed by atoms with van der Waals surface area (Å²) in [7, 11) is 0. The normalized spacial score (nSPS) is 12.5. The van der Waals surface area contributed by atoms with E-state index in [1.54, 1.807) is 0 Å². The van der Waals surface area contributed by atoms with E-state index in [2.05, 4.69) is 65.4 Å². The third-order valence-electron chi connectivity index (χ3n) is 2.00. The van der Waals surface area contributed by atoms with Crippen LogP contribution in [0.5, 0.6) is 0 Å². The van der Waals surface area contributed by atoms with Gasteiger partial charge in [-0.3, -0.25) is 0 Å². The number of hydrogen-bond donors (Lipinski definition) is 0. The molecule has 0 aliphatic rings. The Labute approximate surface area is 108 Å². The SMILES string of the molecule is C=N/N=C\C(CC(C)C)=C(/C)CC.CC(C)C. The van der Waals surface area contributed by atoms with Crippen LogP contribution in [0.1, 0.15) is 61.3 Å². The molecule has 0 aliphatic carbocycles. The third-order valence-corrected chi connectivity index (χ3v) is 2.00. The average Bonchev–Trinajstić information content (AvgIpc) is 2.21. The highest BCUT2D eigenvalue weighted by molar-refractivity contribution is 5.79. The maximum atomic E-state index is 3.83. The summed E-state index contributed by atoms with van der Waals surface area (Å²) in [5, 5.41) is 7.31. The standard InChI is InChI=1S/C11H20N2.C4H10/c1-6-10(4)11(7-9(2)3)8-13-12-5;1-4(2)3/h8-9H,5-7H2,1-4H3;4H,1-3H3/b11-10+,13-8-;. The quantitative estimate of drug-likeness (QED) is 0.470. The predicted octanol–water partition coefficient (Wildman–Crippen LogP) is 5.11. The van der Waals surface area contributed by atoms with E-state index in [0.717, 1.165) is 18.8 Å². The molecule has 0 fully saturated rings. The smallest absolute Gasteiger partial charge is 0.0526 e. The molecule has 0 amide bonds. The second-order valence-corrected chi connectivity index (χ2v) is 5.38. The topological polar surface area (TPSA) is 24.7 Å². The summed E-state index contributed by atoms with van der Waals surface area (Å²) in [6, 6.07) is 0. The average molecular weight is 238 g/mol. The summed E-state index contributed by atoms with van der Waals surface area (Å²) in [6.07, 6.45) is 3.97. The fourth-order valence-electron chi connectivity index (χ4n) is 1.11. The lowest BCUT2D eigenvalue weighted by molar-refractivity contribution is 0.650. The molecular formula is C15H30N2. The highest BCUT2D eigenvalue weighted by Gasteiger charge is 2.01. The first-order valence-corrected chi connectivity index (χ1v) is 6.52. The summed E-state index contributed by atoms with van der Waals surface area (Å²) in [5.41, 5.74) is 2.69. The molecule has 17 heavy (non-hydrogen) atoms. The molecule has 0 aromatic heterocycles. The molecule has 0 radical (unpaired) electrons. The Hall–Kier alpha value is -0.920. The minimum atomic E-state index is 0.660. The van der Waals surface area contributed by atoms with Gasteiger partial charge >= 0.3 is 0 Å². The Balaban J connectivity index is 0. The van der Waals surface area contributed by atoms with Crippen LogP contribution in [-0.2, 0) is 0 Å². The molecule has 0 aromatic rings. The van der Waals surface area contributed by atoms with Crippen molar-refractivity contribution in [2.75, 3.05) is 0 Å². The van der Waals surface area contributed by atoms with Gasteiger partial charge in [0.05, 0.1) is 6.21 Å². The van der Waals surface area contributed by atoms with E-state index in [1.807, 2.05) is 6.21 Å². The fourth-order valence-corrected chi connectivity index (χ4v) is 1.11. The molecule has 0 bridgehead atoms. The van der Waals surface area contributed by atoms with Crippen LogP contribution in [-0.4, -0.2) is 12.9 Å². The maximum Gasteiger partial charge on any atom is 0.0526 e. The summed E-state index contributed by atoms with van der Waals surface area (Å²) >= 11 is 0. The first kappa shape index (κ1) is 18.4. The van der Waals surface area contributed by atoms with Crippen LogP contribution in [0.25, 0.3) is 0 Å². The van der Waals surface area contributed by atoms with Crippen LogP contribution in [0.4, 0.5) is 0 Å². The molecule has 2 heteroatoms. The van der Waals surface area contributed by atoms with Gasteiger partial charge < -0.3 is 0 Å². The number of rotatable bonds is 5. The van der Waals surface area contributed by atoms with Crippen molar-refractivity contribution in [3.8, 4) is 0 Å². The van der Waals surface area contributed by atoms with Crippen molar-refractivity contribution in [3.63, 3.8) is 0 Å². The van der Waals surface area contributed by atoms with E-state index in [9.17, 15) is 0 Å². The fraction of sp³-hybridized carbons (Fsp3) is 0.733. The van der Waals surface area contributed by atoms with Gasteiger partial charge in [-0.25, -0.2) is 0 Å². The predicted molar refractivity (Wildman–Crippen MR) is 81.0 cm³/mol. The van der Waals surface area contributed by atoms with E-state index >= 15 is 0 Å². The zero-order valence-corrected chi connectivity index (χ0v) is 12.7. The van der Waals surface area contributed by atoms with Gasteiger partial charge in [0.2, 0.25) is 0 Å². The van der Waals surface area contributed by atoms with Crippen molar-refractivity contribution in [2.45, 2.75) is 61.3 Å². The molecule has 0 saturated heterocycles. The van der Waals surface area contributed by atoms with Gasteiger partial charge in [-0.15, -0.1) is 0 Å². The van der Waals surface area contributed by atoms with Crippen molar-refractivity contribution in [3.05, 3.63) is 11.1 Å². The van der Waals surface area contributed by atoms with E-state index in [1.165, 1.54) is 11.1 Å². The van der Waals surface area contributed by atoms with E-state index in [0.29, 0.717) is 5.92 Å². The third kappa shape index (κ3) is 15.1. The van der Waals surface area contributed by atoms with Gasteiger partial charge in [0.15, 0.2) is 0 Å². The minimum absolute atomic E-state index is 0.660. The first-order chi connectivity index (χ1) is 7.84. The molecule has 0 heterocycles. The lowest BCUT2D eigenvalue weighted by atomic mass is 9.98. The minimum Gasteiger partial charge on any atom is -0.167 e. The molecule has 0 rings (SSSR count). The summed E-state index contributed by atoms with van der Waals surface area (Å²) in [5.74, 6) is 1.49. The Morgan fingerprint density at radius 3 is 1.94 bits per heavy atom. The zero-order chi connectivity index (χ0) is 13.8. The molecule has 2 nitrogen and oxygen atoms in total. The van der Waals surface area contributed by atoms with Crippen LogP contribution in [0.3, 0.4) is 0 Å². The van der Waals surface area contributed by atoms with Gasteiger partial charge in [0.1, 0.15) is 0 Å². The molecule has 0 spiro atoms. The van der Waals surface area contributed by atoms with E-state index in [-0.39, 0.29) is 0 Å². The Kier molecular flexibility index (Phi) is 12.5. The lowest BCUT2D eigenvalue weighted by Crippen LogP contribution is -1.96. The summed E-state index contributed by atoms with van der Waals surface area (Å²) < 4.78 is 0. The van der Waals surface area contributed by atoms with Crippen LogP contribution >= 0.6 is 0 Å². The van der Waals surface area contributed by atoms with E-state index in [4.69, 9.17) is 0 Å². The van der Waals surface area contributed by atoms with E-state index < -0.39 is 0 Å². The molecular weight excluding hydrogens is 208 g/mol. The highest BCUT2D eigenvalue weighted by atomic mass is 15.2. The maximum absolute atomic E-state index is 3.83. The number of nitrogens with zero attached hydrogens (tertiary/aromatic N) is 2. The molecule has 100 valence electrons. The van der Waals surface area contributed by atoms with Crippen LogP contribution in [0, 0.1) is 11.8 Å². The van der Waals surface area contributed by atoms with Crippen LogP contribution in [0.15, 0.2) is 21.3 Å². The van der Waals surface area contributed by atoms with Crippen molar-refractivity contribution < 1.29 is 0 Å². The second kappa shape index (κ2) is 11.6. The summed E-state index contributed by atoms with van der Waals surface area (Å²) in [6.45, 7) is 18.5. The van der Waals surface area contributed by atoms with Crippen molar-refractivity contribution in [2.24, 2.45) is 22.0 Å². The van der Waals surface area contributed by atoms with Gasteiger partial charge in [-0.1, -0.05) is 47.1 Å². The van der Waals surface area contributed by atoms with Gasteiger partial charge in [-0.05, 0) is 37.2 Å². The Morgan fingerprint density at radius 1 is 1.18 bits per heavy atom. The van der Waals surface area contributed by atoms with Crippen LogP contribution < -0.4 is 0 Å². The Bertz CT molecular complexity index is 245. The van der Waals surface area contributed by atoms with Crippen LogP contribution in [0.2, 0.25) is 0 Å². The summed E-state index contributed by atoms with van der Waals surface area (Å²) in [4.78, 5) is 0. The first-order valence-electron chi connectivity index (χ1n) is 6.52. The number of allylic oxidation sites excluding steroid dienone is 2. The zero-order valence-electron chi connectivity index (χ0n) is 12.7. The van der Waals surface area contributed by atoms with Gasteiger partial charge in [0, 0.05) is 6.72 Å². The van der Waals surface area contributed by atoms with Gasteiger partial charge in [0.25, 0.3) is 0 Å². The van der Waals surface area contributed by atoms with Crippen molar-refractivity contribution >= 4 is 12.9 Å². The largest absolute Gasteiger partial charge is 0.167 e. The monoisotopic (exact) mass is 238 g/mol. The molecule has 0 unspecified atom stereocenters. The molecule has 0 aliphatic heterocycles.